The summed E-state index contributed by atoms with van der Waals surface area (Å²) in [6.45, 7) is 2.36. The van der Waals surface area contributed by atoms with Crippen LogP contribution in [0.4, 0.5) is 5.95 Å². The zero-order valence-electron chi connectivity index (χ0n) is 14.4. The molecule has 27 heavy (non-hydrogen) atoms. The van der Waals surface area contributed by atoms with Gasteiger partial charge in [-0.3, -0.25) is 14.2 Å². The minimum Gasteiger partial charge on any atom is -0.368 e. The van der Waals surface area contributed by atoms with Crippen LogP contribution in [0.15, 0.2) is 42.3 Å². The molecule has 1 amide bonds. The van der Waals surface area contributed by atoms with Gasteiger partial charge in [-0.25, -0.2) is 15.0 Å². The van der Waals surface area contributed by atoms with E-state index in [2.05, 4.69) is 19.9 Å². The number of anilines is 1. The third-order valence-electron chi connectivity index (χ3n) is 4.78. The summed E-state index contributed by atoms with van der Waals surface area (Å²) in [6, 6.07) is 3.54. The maximum absolute atomic E-state index is 13.1. The SMILES string of the molecule is C[C@H]1c2nc(N)nc(-c3ccncc3)c2CN1C(=O)c1cn2ccsc2n1. The molecular formula is C18H15N7OS. The number of nitrogens with two attached hydrogens (primary N) is 1. The molecule has 0 radical (unpaired) electrons. The van der Waals surface area contributed by atoms with E-state index >= 15 is 0 Å². The highest BCUT2D eigenvalue weighted by molar-refractivity contribution is 7.15. The number of hydrogen-bond donors (Lipinski definition) is 1. The zero-order valence-corrected chi connectivity index (χ0v) is 15.2. The number of amides is 1. The first-order chi connectivity index (χ1) is 13.1. The monoisotopic (exact) mass is 377 g/mol. The molecule has 5 rings (SSSR count). The predicted octanol–water partition coefficient (Wildman–Crippen LogP) is 2.55. The van der Waals surface area contributed by atoms with Gasteiger partial charge in [0.2, 0.25) is 5.95 Å². The summed E-state index contributed by atoms with van der Waals surface area (Å²) in [5.41, 5.74) is 9.71. The van der Waals surface area contributed by atoms with Crippen LogP contribution in [-0.4, -0.2) is 35.1 Å². The van der Waals surface area contributed by atoms with Gasteiger partial charge < -0.3 is 10.6 Å². The molecule has 0 saturated heterocycles. The lowest BCUT2D eigenvalue weighted by Gasteiger charge is -2.20. The first-order valence-electron chi connectivity index (χ1n) is 8.41. The molecule has 2 N–H and O–H groups in total. The number of aromatic nitrogens is 5. The topological polar surface area (TPSA) is 102 Å². The first kappa shape index (κ1) is 15.9. The Hall–Kier alpha value is -3.33. The van der Waals surface area contributed by atoms with E-state index in [1.54, 1.807) is 23.5 Å². The van der Waals surface area contributed by atoms with Gasteiger partial charge >= 0.3 is 0 Å². The van der Waals surface area contributed by atoms with Crippen LogP contribution < -0.4 is 5.73 Å². The zero-order chi connectivity index (χ0) is 18.5. The van der Waals surface area contributed by atoms with Gasteiger partial charge in [0.05, 0.1) is 24.0 Å². The Morgan fingerprint density at radius 2 is 2.07 bits per heavy atom. The van der Waals surface area contributed by atoms with Crippen LogP contribution in [-0.2, 0) is 6.54 Å². The van der Waals surface area contributed by atoms with Crippen molar-refractivity contribution in [2.45, 2.75) is 19.5 Å². The van der Waals surface area contributed by atoms with E-state index in [1.807, 2.05) is 35.0 Å². The number of imidazole rings is 1. The molecule has 0 bridgehead atoms. The van der Waals surface area contributed by atoms with Gasteiger partial charge in [-0.05, 0) is 19.1 Å². The van der Waals surface area contributed by atoms with E-state index in [9.17, 15) is 4.79 Å². The second kappa shape index (κ2) is 5.85. The molecule has 4 aromatic heterocycles. The molecule has 8 nitrogen and oxygen atoms in total. The maximum Gasteiger partial charge on any atom is 0.274 e. The summed E-state index contributed by atoms with van der Waals surface area (Å²) in [5.74, 6) is 0.0693. The van der Waals surface area contributed by atoms with Gasteiger partial charge in [0.15, 0.2) is 4.96 Å². The van der Waals surface area contributed by atoms with Gasteiger partial charge in [-0.1, -0.05) is 0 Å². The Morgan fingerprint density at radius 3 is 2.85 bits per heavy atom. The van der Waals surface area contributed by atoms with Crippen molar-refractivity contribution in [1.29, 1.82) is 0 Å². The van der Waals surface area contributed by atoms with E-state index in [1.165, 1.54) is 11.3 Å². The van der Waals surface area contributed by atoms with Crippen LogP contribution in [0.1, 0.15) is 34.7 Å². The van der Waals surface area contributed by atoms with Crippen molar-refractivity contribution in [1.82, 2.24) is 29.2 Å². The Bertz CT molecular complexity index is 1140. The molecule has 0 aliphatic carbocycles. The van der Waals surface area contributed by atoms with Crippen LogP contribution in [0.2, 0.25) is 0 Å². The van der Waals surface area contributed by atoms with E-state index in [0.29, 0.717) is 12.2 Å². The van der Waals surface area contributed by atoms with Gasteiger partial charge in [-0.2, -0.15) is 0 Å². The van der Waals surface area contributed by atoms with Gasteiger partial charge in [0, 0.05) is 41.3 Å². The minimum atomic E-state index is -0.210. The average molecular weight is 377 g/mol. The summed E-state index contributed by atoms with van der Waals surface area (Å²) < 4.78 is 1.85. The third kappa shape index (κ3) is 2.47. The highest BCUT2D eigenvalue weighted by Gasteiger charge is 2.36. The number of carbonyl (C=O) groups excluding carboxylic acids is 1. The van der Waals surface area contributed by atoms with E-state index < -0.39 is 0 Å². The number of nitrogens with zero attached hydrogens (tertiary/aromatic N) is 6. The van der Waals surface area contributed by atoms with E-state index in [0.717, 1.165) is 27.5 Å². The van der Waals surface area contributed by atoms with Crippen LogP contribution in [0.25, 0.3) is 16.2 Å². The molecule has 4 aromatic rings. The lowest BCUT2D eigenvalue weighted by molar-refractivity contribution is 0.0698. The van der Waals surface area contributed by atoms with Crippen molar-refractivity contribution in [3.05, 3.63) is 59.3 Å². The van der Waals surface area contributed by atoms with Crippen molar-refractivity contribution in [2.75, 3.05) is 5.73 Å². The highest BCUT2D eigenvalue weighted by atomic mass is 32.1. The molecule has 0 unspecified atom stereocenters. The molecule has 1 aliphatic heterocycles. The molecule has 0 saturated carbocycles. The lowest BCUT2D eigenvalue weighted by atomic mass is 10.1. The van der Waals surface area contributed by atoms with E-state index in [4.69, 9.17) is 5.73 Å². The fourth-order valence-corrected chi connectivity index (χ4v) is 4.15. The average Bonchev–Trinajstić information content (AvgIpc) is 3.36. The molecule has 1 atom stereocenters. The Balaban J connectivity index is 1.55. The van der Waals surface area contributed by atoms with Crippen molar-refractivity contribution in [2.24, 2.45) is 0 Å². The molecule has 0 aromatic carbocycles. The number of hydrogen-bond acceptors (Lipinski definition) is 7. The fourth-order valence-electron chi connectivity index (χ4n) is 3.45. The van der Waals surface area contributed by atoms with E-state index in [-0.39, 0.29) is 17.9 Å². The van der Waals surface area contributed by atoms with Crippen molar-refractivity contribution >= 4 is 28.2 Å². The second-order valence-electron chi connectivity index (χ2n) is 6.36. The van der Waals surface area contributed by atoms with Crippen molar-refractivity contribution < 1.29 is 4.79 Å². The molecular weight excluding hydrogens is 362 g/mol. The normalized spacial score (nSPS) is 16.0. The van der Waals surface area contributed by atoms with Crippen LogP contribution >= 0.6 is 11.3 Å². The fraction of sp³-hybridized carbons (Fsp3) is 0.167. The number of thiazole rings is 1. The number of pyridine rings is 1. The van der Waals surface area contributed by atoms with Gasteiger partial charge in [0.1, 0.15) is 5.69 Å². The van der Waals surface area contributed by atoms with Gasteiger partial charge in [-0.15, -0.1) is 11.3 Å². The summed E-state index contributed by atoms with van der Waals surface area (Å²) in [5, 5.41) is 1.93. The molecule has 5 heterocycles. The van der Waals surface area contributed by atoms with Crippen molar-refractivity contribution in [3.63, 3.8) is 0 Å². The predicted molar refractivity (Wildman–Crippen MR) is 101 cm³/mol. The Morgan fingerprint density at radius 1 is 1.26 bits per heavy atom. The smallest absolute Gasteiger partial charge is 0.274 e. The largest absolute Gasteiger partial charge is 0.368 e. The van der Waals surface area contributed by atoms with Crippen LogP contribution in [0.5, 0.6) is 0 Å². The van der Waals surface area contributed by atoms with Crippen LogP contribution in [0, 0.1) is 0 Å². The minimum absolute atomic E-state index is 0.129. The quantitative estimate of drug-likeness (QED) is 0.576. The highest BCUT2D eigenvalue weighted by Crippen LogP contribution is 2.38. The second-order valence-corrected chi connectivity index (χ2v) is 7.23. The number of fused-ring (bicyclic) bond motifs is 2. The van der Waals surface area contributed by atoms with Gasteiger partial charge in [0.25, 0.3) is 5.91 Å². The molecule has 9 heteroatoms. The molecule has 1 aliphatic rings. The summed E-state index contributed by atoms with van der Waals surface area (Å²) >= 11 is 1.49. The summed E-state index contributed by atoms with van der Waals surface area (Å²) in [4.78, 5) is 33.0. The van der Waals surface area contributed by atoms with Crippen molar-refractivity contribution in [3.8, 4) is 11.3 Å². The Kier molecular flexibility index (Phi) is 3.44. The maximum atomic E-state index is 13.1. The number of rotatable bonds is 2. The first-order valence-corrected chi connectivity index (χ1v) is 9.29. The molecule has 0 fully saturated rings. The molecule has 0 spiro atoms. The molecule has 134 valence electrons. The Labute approximate surface area is 158 Å². The third-order valence-corrected chi connectivity index (χ3v) is 5.55. The number of nitrogen functional groups attached to an aromatic ring is 1. The van der Waals surface area contributed by atoms with Crippen LogP contribution in [0.3, 0.4) is 0 Å². The summed E-state index contributed by atoms with van der Waals surface area (Å²) in [6.07, 6.45) is 7.06. The lowest BCUT2D eigenvalue weighted by Crippen LogP contribution is -2.28. The standard InChI is InChI=1S/C18H15N7OS/c1-10-14-12(15(23-17(19)22-14)11-2-4-20-5-3-11)8-25(10)16(26)13-9-24-6-7-27-18(24)21-13/h2-7,9-10H,8H2,1H3,(H2,19,22,23)/t10-/m0/s1. The number of carbonyl (C=O) groups is 1. The summed E-state index contributed by atoms with van der Waals surface area (Å²) in [7, 11) is 0.